The van der Waals surface area contributed by atoms with Gasteiger partial charge in [-0.05, 0) is 78.5 Å². The van der Waals surface area contributed by atoms with Gasteiger partial charge in [0, 0.05) is 37.6 Å². The average molecular weight is 494 g/mol. The number of benzene rings is 2. The van der Waals surface area contributed by atoms with E-state index in [1.807, 2.05) is 23.2 Å². The molecule has 188 valence electrons. The molecule has 3 aliphatic rings. The summed E-state index contributed by atoms with van der Waals surface area (Å²) in [5.74, 6) is 1.62. The summed E-state index contributed by atoms with van der Waals surface area (Å²) >= 11 is 0. The van der Waals surface area contributed by atoms with Crippen LogP contribution in [-0.2, 0) is 4.79 Å². The standard InChI is InChI=1S/C30H31N5O2/c1-2-29-32-17-25-22(4-3-5-26(25)33-29)24-14-21(16-31)27(15-23(24)19-6-7-19)34-11-12-35(30(37)10-13-36)28(18-34)20-8-9-20/h2-5,14-15,17,19-20,28,36H,1,6-13,18H2/t28-/m0/s1. The number of aliphatic hydroxyl groups is 1. The maximum atomic E-state index is 12.7. The van der Waals surface area contributed by atoms with Gasteiger partial charge in [0.2, 0.25) is 5.91 Å². The number of hydrogen-bond acceptors (Lipinski definition) is 6. The molecule has 1 N–H and O–H groups in total. The summed E-state index contributed by atoms with van der Waals surface area (Å²) in [6, 6.07) is 13.0. The maximum absolute atomic E-state index is 12.7. The molecule has 1 atom stereocenters. The first kappa shape index (κ1) is 23.6. The second-order valence-corrected chi connectivity index (χ2v) is 10.4. The van der Waals surface area contributed by atoms with Gasteiger partial charge in [0.15, 0.2) is 5.82 Å². The van der Waals surface area contributed by atoms with Crippen molar-refractivity contribution in [2.75, 3.05) is 31.1 Å². The summed E-state index contributed by atoms with van der Waals surface area (Å²) in [7, 11) is 0. The second-order valence-electron chi connectivity index (χ2n) is 10.4. The van der Waals surface area contributed by atoms with Crippen molar-refractivity contribution in [3.63, 3.8) is 0 Å². The lowest BCUT2D eigenvalue weighted by Gasteiger charge is -2.43. The van der Waals surface area contributed by atoms with E-state index in [2.05, 4.69) is 45.7 Å². The normalized spacial score (nSPS) is 19.6. The fraction of sp³-hybridized carbons (Fsp3) is 0.400. The molecule has 7 heteroatoms. The Hall–Kier alpha value is -3.76. The summed E-state index contributed by atoms with van der Waals surface area (Å²) < 4.78 is 0. The molecule has 6 rings (SSSR count). The number of nitriles is 1. The Bertz CT molecular complexity index is 1420. The van der Waals surface area contributed by atoms with Crippen LogP contribution in [0.1, 0.15) is 55.0 Å². The maximum Gasteiger partial charge on any atom is 0.225 e. The predicted molar refractivity (Wildman–Crippen MR) is 144 cm³/mol. The summed E-state index contributed by atoms with van der Waals surface area (Å²) in [5.41, 5.74) is 5.90. The van der Waals surface area contributed by atoms with Crippen LogP contribution in [0.2, 0.25) is 0 Å². The van der Waals surface area contributed by atoms with Gasteiger partial charge >= 0.3 is 0 Å². The molecule has 2 aliphatic carbocycles. The highest BCUT2D eigenvalue weighted by Gasteiger charge is 2.41. The molecule has 2 aromatic carbocycles. The van der Waals surface area contributed by atoms with Crippen LogP contribution in [0.15, 0.2) is 43.1 Å². The number of aliphatic hydroxyl groups excluding tert-OH is 1. The van der Waals surface area contributed by atoms with E-state index in [0.717, 1.165) is 59.9 Å². The number of rotatable bonds is 7. The molecular formula is C30H31N5O2. The van der Waals surface area contributed by atoms with Gasteiger partial charge in [0.25, 0.3) is 0 Å². The summed E-state index contributed by atoms with van der Waals surface area (Å²) in [6.07, 6.45) is 8.24. The van der Waals surface area contributed by atoms with Gasteiger partial charge in [-0.3, -0.25) is 4.79 Å². The van der Waals surface area contributed by atoms with Crippen molar-refractivity contribution in [1.82, 2.24) is 14.9 Å². The highest BCUT2D eigenvalue weighted by atomic mass is 16.3. The molecule has 2 heterocycles. The molecule has 1 aromatic heterocycles. The van der Waals surface area contributed by atoms with E-state index < -0.39 is 0 Å². The molecule has 0 bridgehead atoms. The lowest BCUT2D eigenvalue weighted by atomic mass is 9.91. The fourth-order valence-corrected chi connectivity index (χ4v) is 5.79. The van der Waals surface area contributed by atoms with Crippen LogP contribution in [-0.4, -0.2) is 58.2 Å². The van der Waals surface area contributed by atoms with Crippen molar-refractivity contribution in [2.45, 2.75) is 44.1 Å². The summed E-state index contributed by atoms with van der Waals surface area (Å²) in [4.78, 5) is 26.0. The van der Waals surface area contributed by atoms with E-state index in [1.165, 1.54) is 5.56 Å². The molecule has 37 heavy (non-hydrogen) atoms. The topological polar surface area (TPSA) is 93.4 Å². The number of fused-ring (bicyclic) bond motifs is 1. The van der Waals surface area contributed by atoms with E-state index in [9.17, 15) is 15.2 Å². The first-order valence-electron chi connectivity index (χ1n) is 13.2. The van der Waals surface area contributed by atoms with Crippen molar-refractivity contribution in [1.29, 1.82) is 5.26 Å². The zero-order valence-corrected chi connectivity index (χ0v) is 20.9. The van der Waals surface area contributed by atoms with Crippen LogP contribution in [0.3, 0.4) is 0 Å². The van der Waals surface area contributed by atoms with Crippen LogP contribution in [0.4, 0.5) is 5.69 Å². The van der Waals surface area contributed by atoms with E-state index in [4.69, 9.17) is 0 Å². The zero-order valence-electron chi connectivity index (χ0n) is 20.9. The number of amides is 1. The van der Waals surface area contributed by atoms with Gasteiger partial charge in [-0.2, -0.15) is 5.26 Å². The molecule has 1 aliphatic heterocycles. The Morgan fingerprint density at radius 1 is 1.19 bits per heavy atom. The monoisotopic (exact) mass is 493 g/mol. The quantitative estimate of drug-likeness (QED) is 0.521. The zero-order chi connectivity index (χ0) is 25.5. The fourth-order valence-electron chi connectivity index (χ4n) is 5.79. The van der Waals surface area contributed by atoms with Crippen LogP contribution in [0.5, 0.6) is 0 Å². The molecule has 2 saturated carbocycles. The van der Waals surface area contributed by atoms with E-state index in [-0.39, 0.29) is 25.0 Å². The van der Waals surface area contributed by atoms with Gasteiger partial charge in [-0.1, -0.05) is 18.7 Å². The van der Waals surface area contributed by atoms with Crippen LogP contribution in [0, 0.1) is 17.2 Å². The lowest BCUT2D eigenvalue weighted by molar-refractivity contribution is -0.135. The van der Waals surface area contributed by atoms with Gasteiger partial charge in [0.1, 0.15) is 6.07 Å². The molecule has 0 spiro atoms. The molecule has 0 radical (unpaired) electrons. The molecule has 0 unspecified atom stereocenters. The van der Waals surface area contributed by atoms with Crippen molar-refractivity contribution >= 4 is 28.6 Å². The third kappa shape index (κ3) is 4.47. The minimum absolute atomic E-state index is 0.0337. The Balaban J connectivity index is 1.40. The average Bonchev–Trinajstić information content (AvgIpc) is 3.85. The highest BCUT2D eigenvalue weighted by Crippen LogP contribution is 2.48. The summed E-state index contributed by atoms with van der Waals surface area (Å²) in [6.45, 7) is 5.71. The largest absolute Gasteiger partial charge is 0.396 e. The highest BCUT2D eigenvalue weighted by molar-refractivity contribution is 5.96. The Labute approximate surface area is 217 Å². The van der Waals surface area contributed by atoms with Gasteiger partial charge < -0.3 is 14.9 Å². The van der Waals surface area contributed by atoms with E-state index in [0.29, 0.717) is 36.3 Å². The molecular weight excluding hydrogens is 462 g/mol. The summed E-state index contributed by atoms with van der Waals surface area (Å²) in [5, 5.41) is 20.5. The number of carbonyl (C=O) groups excluding carboxylic acids is 1. The number of carbonyl (C=O) groups is 1. The van der Waals surface area contributed by atoms with Gasteiger partial charge in [0.05, 0.1) is 29.4 Å². The van der Waals surface area contributed by atoms with Gasteiger partial charge in [-0.15, -0.1) is 0 Å². The minimum atomic E-state index is -0.116. The van der Waals surface area contributed by atoms with E-state index >= 15 is 0 Å². The Morgan fingerprint density at radius 3 is 2.73 bits per heavy atom. The first-order chi connectivity index (χ1) is 18.1. The molecule has 7 nitrogen and oxygen atoms in total. The Kier molecular flexibility index (Phi) is 6.13. The third-order valence-electron chi connectivity index (χ3n) is 7.99. The molecule has 3 fully saturated rings. The number of nitrogens with zero attached hydrogens (tertiary/aromatic N) is 5. The Morgan fingerprint density at radius 2 is 2.03 bits per heavy atom. The molecule has 1 amide bonds. The number of anilines is 1. The van der Waals surface area contributed by atoms with Gasteiger partial charge in [-0.25, -0.2) is 9.97 Å². The number of piperazine rings is 1. The SMILES string of the molecule is C=Cc1ncc2c(-c3cc(C#N)c(N4CCN(C(=O)CCO)[C@H](C5CC5)C4)cc3C3CC3)cccc2n1. The van der Waals surface area contributed by atoms with Crippen molar-refractivity contribution in [3.8, 4) is 17.2 Å². The number of aromatic nitrogens is 2. The van der Waals surface area contributed by atoms with Crippen molar-refractivity contribution in [2.24, 2.45) is 5.92 Å². The number of hydrogen-bond donors (Lipinski definition) is 1. The van der Waals surface area contributed by atoms with E-state index in [1.54, 1.807) is 6.08 Å². The van der Waals surface area contributed by atoms with Crippen LogP contribution >= 0.6 is 0 Å². The lowest BCUT2D eigenvalue weighted by Crippen LogP contribution is -2.56. The smallest absolute Gasteiger partial charge is 0.225 e. The molecule has 1 saturated heterocycles. The van der Waals surface area contributed by atoms with Crippen LogP contribution in [0.25, 0.3) is 28.1 Å². The first-order valence-corrected chi connectivity index (χ1v) is 13.2. The second kappa shape index (κ2) is 9.60. The van der Waals surface area contributed by atoms with Crippen molar-refractivity contribution in [3.05, 3.63) is 60.1 Å². The van der Waals surface area contributed by atoms with Crippen LogP contribution < -0.4 is 4.90 Å². The predicted octanol–water partition coefficient (Wildman–Crippen LogP) is 4.50. The minimum Gasteiger partial charge on any atom is -0.396 e. The van der Waals surface area contributed by atoms with Crippen molar-refractivity contribution < 1.29 is 9.90 Å². The third-order valence-corrected chi connectivity index (χ3v) is 7.99. The molecule has 3 aromatic rings.